The maximum Gasteiger partial charge on any atom is 0.307 e. The Hall–Kier alpha value is -1.63. The molecule has 7 nitrogen and oxygen atoms in total. The highest BCUT2D eigenvalue weighted by atomic mass is 16.5. The molecular weight excluding hydrogens is 362 g/mol. The van der Waals surface area contributed by atoms with E-state index in [1.54, 1.807) is 0 Å². The summed E-state index contributed by atoms with van der Waals surface area (Å²) in [5.41, 5.74) is 0. The Kier molecular flexibility index (Phi) is 17.6. The highest BCUT2D eigenvalue weighted by molar-refractivity contribution is 5.71. The van der Waals surface area contributed by atoms with Crippen LogP contribution in [0.1, 0.15) is 78.6 Å². The number of unbranched alkanes of at least 4 members (excludes halogenated alkanes) is 3. The zero-order valence-electron chi connectivity index (χ0n) is 18.0. The molecule has 0 saturated carbocycles. The highest BCUT2D eigenvalue weighted by Gasteiger charge is 2.14. The predicted octanol–water partition coefficient (Wildman–Crippen LogP) is 3.49. The molecule has 0 rings (SSSR count). The molecule has 0 aromatic rings. The van der Waals surface area contributed by atoms with Crippen LogP contribution in [0.2, 0.25) is 0 Å². The van der Waals surface area contributed by atoms with Gasteiger partial charge in [0.15, 0.2) is 0 Å². The van der Waals surface area contributed by atoms with E-state index in [0.29, 0.717) is 39.5 Å². The molecule has 0 aromatic heterocycles. The summed E-state index contributed by atoms with van der Waals surface area (Å²) in [6.45, 7) is 8.73. The molecule has 0 unspecified atom stereocenters. The van der Waals surface area contributed by atoms with Crippen LogP contribution in [-0.4, -0.2) is 62.3 Å². The van der Waals surface area contributed by atoms with E-state index in [9.17, 15) is 14.4 Å². The first kappa shape index (κ1) is 26.4. The number of ether oxygens (including phenoxy) is 3. The summed E-state index contributed by atoms with van der Waals surface area (Å²) < 4.78 is 15.5. The number of esters is 3. The molecule has 7 heteroatoms. The SMILES string of the molecule is CCCCOC(=O)CCN(CCC(=O)OCCCC)CCC(=O)OCCCC. The Morgan fingerprint density at radius 1 is 0.571 bits per heavy atom. The number of carbonyl (C=O) groups excluding carboxylic acids is 3. The first-order valence-electron chi connectivity index (χ1n) is 10.7. The lowest BCUT2D eigenvalue weighted by molar-refractivity contribution is -0.144. The van der Waals surface area contributed by atoms with Crippen molar-refractivity contribution in [2.75, 3.05) is 39.5 Å². The van der Waals surface area contributed by atoms with Gasteiger partial charge >= 0.3 is 17.9 Å². The molecule has 28 heavy (non-hydrogen) atoms. The van der Waals surface area contributed by atoms with E-state index < -0.39 is 0 Å². The second-order valence-corrected chi connectivity index (χ2v) is 6.81. The maximum atomic E-state index is 11.8. The molecule has 0 radical (unpaired) electrons. The summed E-state index contributed by atoms with van der Waals surface area (Å²) in [5, 5.41) is 0. The van der Waals surface area contributed by atoms with E-state index in [0.717, 1.165) is 38.5 Å². The summed E-state index contributed by atoms with van der Waals surface area (Å²) in [6.07, 6.45) is 6.17. The first-order chi connectivity index (χ1) is 13.5. The van der Waals surface area contributed by atoms with Crippen molar-refractivity contribution in [1.82, 2.24) is 4.90 Å². The fraction of sp³-hybridized carbons (Fsp3) is 0.857. The van der Waals surface area contributed by atoms with Gasteiger partial charge in [-0.15, -0.1) is 0 Å². The highest BCUT2D eigenvalue weighted by Crippen LogP contribution is 2.02. The fourth-order valence-corrected chi connectivity index (χ4v) is 2.29. The van der Waals surface area contributed by atoms with Crippen LogP contribution in [0.4, 0.5) is 0 Å². The van der Waals surface area contributed by atoms with E-state index in [2.05, 4.69) is 0 Å². The average Bonchev–Trinajstić information content (AvgIpc) is 2.68. The van der Waals surface area contributed by atoms with Crippen molar-refractivity contribution in [2.45, 2.75) is 78.6 Å². The molecule has 0 atom stereocenters. The number of nitrogens with zero attached hydrogens (tertiary/aromatic N) is 1. The van der Waals surface area contributed by atoms with Gasteiger partial charge in [0.25, 0.3) is 0 Å². The zero-order valence-corrected chi connectivity index (χ0v) is 18.0. The fourth-order valence-electron chi connectivity index (χ4n) is 2.29. The standard InChI is InChI=1S/C21H39NO6/c1-4-7-16-26-19(23)10-13-22(14-11-20(24)27-17-8-5-2)15-12-21(25)28-18-9-6-3/h4-18H2,1-3H3. The van der Waals surface area contributed by atoms with E-state index in [4.69, 9.17) is 14.2 Å². The van der Waals surface area contributed by atoms with Gasteiger partial charge in [-0.05, 0) is 19.3 Å². The van der Waals surface area contributed by atoms with Crippen LogP contribution in [0, 0.1) is 0 Å². The van der Waals surface area contributed by atoms with Crippen LogP contribution < -0.4 is 0 Å². The van der Waals surface area contributed by atoms with Gasteiger partial charge in [0.05, 0.1) is 39.1 Å². The maximum absolute atomic E-state index is 11.8. The minimum atomic E-state index is -0.255. The predicted molar refractivity (Wildman–Crippen MR) is 108 cm³/mol. The van der Waals surface area contributed by atoms with Gasteiger partial charge in [-0.1, -0.05) is 40.0 Å². The van der Waals surface area contributed by atoms with Crippen molar-refractivity contribution < 1.29 is 28.6 Å². The van der Waals surface area contributed by atoms with Gasteiger partial charge in [0, 0.05) is 19.6 Å². The smallest absolute Gasteiger partial charge is 0.307 e. The molecule has 0 aliphatic carbocycles. The van der Waals surface area contributed by atoms with Crippen molar-refractivity contribution in [3.63, 3.8) is 0 Å². The van der Waals surface area contributed by atoms with E-state index in [1.165, 1.54) is 0 Å². The molecule has 0 N–H and O–H groups in total. The topological polar surface area (TPSA) is 82.1 Å². The molecule has 0 aromatic carbocycles. The third kappa shape index (κ3) is 16.5. The van der Waals surface area contributed by atoms with Gasteiger partial charge in [-0.25, -0.2) is 0 Å². The van der Waals surface area contributed by atoms with Gasteiger partial charge in [-0.2, -0.15) is 0 Å². The number of rotatable bonds is 18. The third-order valence-electron chi connectivity index (χ3n) is 4.18. The molecule has 0 fully saturated rings. The zero-order chi connectivity index (χ0) is 21.0. The molecule has 0 amide bonds. The van der Waals surface area contributed by atoms with Crippen LogP contribution >= 0.6 is 0 Å². The van der Waals surface area contributed by atoms with E-state index in [-0.39, 0.29) is 37.2 Å². The normalized spacial score (nSPS) is 10.7. The molecule has 0 spiro atoms. The van der Waals surface area contributed by atoms with Crippen LogP contribution in [-0.2, 0) is 28.6 Å². The first-order valence-corrected chi connectivity index (χ1v) is 10.7. The molecule has 0 saturated heterocycles. The number of hydrogen-bond donors (Lipinski definition) is 0. The van der Waals surface area contributed by atoms with Crippen LogP contribution in [0.3, 0.4) is 0 Å². The van der Waals surface area contributed by atoms with Gasteiger partial charge in [0.1, 0.15) is 0 Å². The largest absolute Gasteiger partial charge is 0.466 e. The molecule has 0 aliphatic rings. The lowest BCUT2D eigenvalue weighted by atomic mass is 10.3. The molecule has 0 heterocycles. The molecule has 164 valence electrons. The lowest BCUT2D eigenvalue weighted by Gasteiger charge is -2.21. The minimum absolute atomic E-state index is 0.236. The summed E-state index contributed by atoms with van der Waals surface area (Å²) in [7, 11) is 0. The van der Waals surface area contributed by atoms with Crippen molar-refractivity contribution in [2.24, 2.45) is 0 Å². The Balaban J connectivity index is 4.33. The number of carbonyl (C=O) groups is 3. The Morgan fingerprint density at radius 2 is 0.857 bits per heavy atom. The Labute approximate surface area is 170 Å². The summed E-state index contributed by atoms with van der Waals surface area (Å²) in [5.74, 6) is -0.765. The van der Waals surface area contributed by atoms with Crippen molar-refractivity contribution >= 4 is 17.9 Å². The molecule has 0 bridgehead atoms. The lowest BCUT2D eigenvalue weighted by Crippen LogP contribution is -2.32. The Bertz CT molecular complexity index is 365. The third-order valence-corrected chi connectivity index (χ3v) is 4.18. The molecule has 0 aliphatic heterocycles. The van der Waals surface area contributed by atoms with Gasteiger partial charge < -0.3 is 19.1 Å². The Morgan fingerprint density at radius 3 is 1.11 bits per heavy atom. The van der Waals surface area contributed by atoms with Crippen molar-refractivity contribution in [3.05, 3.63) is 0 Å². The second-order valence-electron chi connectivity index (χ2n) is 6.81. The molecular formula is C21H39NO6. The van der Waals surface area contributed by atoms with Crippen LogP contribution in [0.5, 0.6) is 0 Å². The number of hydrogen-bond acceptors (Lipinski definition) is 7. The van der Waals surface area contributed by atoms with Gasteiger partial charge in [-0.3, -0.25) is 14.4 Å². The van der Waals surface area contributed by atoms with Crippen molar-refractivity contribution in [1.29, 1.82) is 0 Å². The minimum Gasteiger partial charge on any atom is -0.466 e. The van der Waals surface area contributed by atoms with E-state index in [1.807, 2.05) is 25.7 Å². The summed E-state index contributed by atoms with van der Waals surface area (Å²) in [6, 6.07) is 0. The second kappa shape index (κ2) is 18.7. The summed E-state index contributed by atoms with van der Waals surface area (Å²) in [4.78, 5) is 37.4. The monoisotopic (exact) mass is 401 g/mol. The van der Waals surface area contributed by atoms with Gasteiger partial charge in [0.2, 0.25) is 0 Å². The average molecular weight is 402 g/mol. The van der Waals surface area contributed by atoms with Crippen molar-refractivity contribution in [3.8, 4) is 0 Å². The van der Waals surface area contributed by atoms with E-state index >= 15 is 0 Å². The quantitative estimate of drug-likeness (QED) is 0.197. The van der Waals surface area contributed by atoms with Crippen LogP contribution in [0.25, 0.3) is 0 Å². The van der Waals surface area contributed by atoms with Crippen LogP contribution in [0.15, 0.2) is 0 Å². The summed E-state index contributed by atoms with van der Waals surface area (Å²) >= 11 is 0.